The number of nitrogens with zero attached hydrogens (tertiary/aromatic N) is 3. The summed E-state index contributed by atoms with van der Waals surface area (Å²) in [6, 6.07) is 9.33. The zero-order chi connectivity index (χ0) is 24.3. The lowest BCUT2D eigenvalue weighted by atomic mass is 9.95. The lowest BCUT2D eigenvalue weighted by Gasteiger charge is -2.31. The number of rotatable bonds is 6. The predicted octanol–water partition coefficient (Wildman–Crippen LogP) is 5.26. The van der Waals surface area contributed by atoms with Crippen LogP contribution < -0.4 is 15.0 Å². The van der Waals surface area contributed by atoms with Crippen LogP contribution in [0.5, 0.6) is 5.75 Å². The molecule has 1 amide bonds. The van der Waals surface area contributed by atoms with E-state index in [2.05, 4.69) is 10.3 Å². The van der Waals surface area contributed by atoms with Crippen LogP contribution in [0.1, 0.15) is 18.5 Å². The molecule has 0 radical (unpaired) electrons. The molecule has 0 spiro atoms. The molecule has 1 fully saturated rings. The van der Waals surface area contributed by atoms with E-state index in [1.165, 1.54) is 24.5 Å². The Kier molecular flexibility index (Phi) is 6.70. The van der Waals surface area contributed by atoms with Gasteiger partial charge in [-0.05, 0) is 43.2 Å². The Hall–Kier alpha value is -3.65. The Bertz CT molecular complexity index is 1200. The largest absolute Gasteiger partial charge is 0.482 e. The average molecular weight is 495 g/mol. The summed E-state index contributed by atoms with van der Waals surface area (Å²) in [4.78, 5) is 18.8. The first-order valence-corrected chi connectivity index (χ1v) is 10.6. The molecule has 0 aliphatic carbocycles. The summed E-state index contributed by atoms with van der Waals surface area (Å²) in [5, 5.41) is 12.3. The van der Waals surface area contributed by atoms with Gasteiger partial charge in [0.15, 0.2) is 12.4 Å². The van der Waals surface area contributed by atoms with Crippen molar-refractivity contribution in [2.45, 2.75) is 19.0 Å². The Balaban J connectivity index is 1.40. The van der Waals surface area contributed by atoms with Crippen LogP contribution in [0.3, 0.4) is 0 Å². The van der Waals surface area contributed by atoms with Crippen molar-refractivity contribution in [2.24, 2.45) is 5.92 Å². The summed E-state index contributed by atoms with van der Waals surface area (Å²) in [5.74, 6) is -0.0357. The molecule has 2 aromatic heterocycles. The number of carbonyl (C=O) groups excluding carboxylic acids is 1. The molecule has 3 heterocycles. The molecule has 4 rings (SSSR count). The Morgan fingerprint density at radius 3 is 2.74 bits per heavy atom. The predicted molar refractivity (Wildman–Crippen MR) is 115 cm³/mol. The van der Waals surface area contributed by atoms with Gasteiger partial charge in [0.25, 0.3) is 5.89 Å². The fourth-order valence-electron chi connectivity index (χ4n) is 3.57. The van der Waals surface area contributed by atoms with Crippen molar-refractivity contribution in [1.29, 1.82) is 5.26 Å². The lowest BCUT2D eigenvalue weighted by Crippen LogP contribution is -2.38. The third-order valence-electron chi connectivity index (χ3n) is 5.19. The van der Waals surface area contributed by atoms with E-state index >= 15 is 0 Å². The van der Waals surface area contributed by atoms with Gasteiger partial charge in [0, 0.05) is 24.0 Å². The number of halogens is 4. The highest BCUT2D eigenvalue weighted by Crippen LogP contribution is 2.33. The molecule has 3 aromatic rings. The van der Waals surface area contributed by atoms with Crippen LogP contribution in [-0.2, 0) is 4.79 Å². The highest BCUT2D eigenvalue weighted by atomic mass is 35.5. The van der Waals surface area contributed by atoms with Crippen LogP contribution in [0, 0.1) is 17.2 Å². The molecule has 8 nitrogen and oxygen atoms in total. The summed E-state index contributed by atoms with van der Waals surface area (Å²) in [6.07, 6.45) is -2.21. The second-order valence-corrected chi connectivity index (χ2v) is 7.99. The number of hydrogen-bond acceptors (Lipinski definition) is 7. The van der Waals surface area contributed by atoms with Crippen LogP contribution in [0.15, 0.2) is 45.4 Å². The number of aromatic nitrogens is 1. The molecule has 1 N–H and O–H groups in total. The van der Waals surface area contributed by atoms with Gasteiger partial charge in [-0.15, -0.1) is 0 Å². The van der Waals surface area contributed by atoms with Gasteiger partial charge in [0.05, 0.1) is 12.0 Å². The summed E-state index contributed by atoms with van der Waals surface area (Å²) in [5.41, 5.74) is 0.175. The van der Waals surface area contributed by atoms with E-state index < -0.39 is 18.7 Å². The van der Waals surface area contributed by atoms with Crippen LogP contribution in [-0.4, -0.2) is 36.8 Å². The Morgan fingerprint density at radius 2 is 2.09 bits per heavy atom. The monoisotopic (exact) mass is 494 g/mol. The number of hydrogen-bond donors (Lipinski definition) is 1. The molecule has 0 unspecified atom stereocenters. The van der Waals surface area contributed by atoms with Gasteiger partial charge >= 0.3 is 6.18 Å². The maximum Gasteiger partial charge on any atom is 0.422 e. The minimum atomic E-state index is -4.52. The number of benzene rings is 1. The van der Waals surface area contributed by atoms with E-state index in [4.69, 9.17) is 25.2 Å². The van der Waals surface area contributed by atoms with E-state index in [1.54, 1.807) is 12.1 Å². The molecule has 34 heavy (non-hydrogen) atoms. The highest BCUT2D eigenvalue weighted by Gasteiger charge is 2.31. The smallest absolute Gasteiger partial charge is 0.422 e. The standard InChI is InChI=1S/C22H18ClF3N4O4/c23-14-3-4-17(33-12-22(24,25)26)15(10-14)28-19(31)13-5-7-30(8-6-13)21-16(11-27)29-20(34-21)18-2-1-9-32-18/h1-4,9-10,13H,5-8,12H2,(H,28,31). The fraction of sp³-hybridized carbons (Fsp3) is 0.318. The number of anilines is 2. The van der Waals surface area contributed by atoms with Crippen LogP contribution in [0.25, 0.3) is 11.7 Å². The van der Waals surface area contributed by atoms with Crippen LogP contribution >= 0.6 is 11.6 Å². The van der Waals surface area contributed by atoms with Gasteiger partial charge in [-0.25, -0.2) is 0 Å². The molecule has 0 atom stereocenters. The van der Waals surface area contributed by atoms with E-state index in [0.29, 0.717) is 37.6 Å². The summed E-state index contributed by atoms with van der Waals surface area (Å²) >= 11 is 5.95. The normalized spacial score (nSPS) is 14.6. The van der Waals surface area contributed by atoms with Gasteiger partial charge in [-0.1, -0.05) is 11.6 Å². The van der Waals surface area contributed by atoms with Gasteiger partial charge in [-0.2, -0.15) is 23.4 Å². The minimum Gasteiger partial charge on any atom is -0.482 e. The van der Waals surface area contributed by atoms with E-state index in [1.807, 2.05) is 11.0 Å². The molecular weight excluding hydrogens is 477 g/mol. The third-order valence-corrected chi connectivity index (χ3v) is 5.43. The summed E-state index contributed by atoms with van der Waals surface area (Å²) in [7, 11) is 0. The zero-order valence-corrected chi connectivity index (χ0v) is 18.3. The fourth-order valence-corrected chi connectivity index (χ4v) is 3.74. The molecule has 1 aliphatic heterocycles. The van der Waals surface area contributed by atoms with Crippen molar-refractivity contribution in [2.75, 3.05) is 29.9 Å². The van der Waals surface area contributed by atoms with E-state index in [0.717, 1.165) is 0 Å². The molecule has 1 saturated heterocycles. The number of ether oxygens (including phenoxy) is 1. The zero-order valence-electron chi connectivity index (χ0n) is 17.6. The van der Waals surface area contributed by atoms with Gasteiger partial charge in [-0.3, -0.25) is 4.79 Å². The molecular formula is C22H18ClF3N4O4. The van der Waals surface area contributed by atoms with Crippen molar-refractivity contribution in [3.05, 3.63) is 47.3 Å². The third kappa shape index (κ3) is 5.46. The second kappa shape index (κ2) is 9.69. The maximum absolute atomic E-state index is 12.8. The van der Waals surface area contributed by atoms with E-state index in [9.17, 15) is 23.2 Å². The van der Waals surface area contributed by atoms with Crippen molar-refractivity contribution >= 4 is 29.1 Å². The first-order valence-electron chi connectivity index (χ1n) is 10.2. The maximum atomic E-state index is 12.8. The Labute approximate surface area is 196 Å². The average Bonchev–Trinajstić information content (AvgIpc) is 3.48. The number of alkyl halides is 3. The summed E-state index contributed by atoms with van der Waals surface area (Å²) in [6.45, 7) is -0.673. The second-order valence-electron chi connectivity index (χ2n) is 7.56. The van der Waals surface area contributed by atoms with Crippen molar-refractivity contribution < 1.29 is 31.5 Å². The van der Waals surface area contributed by atoms with Gasteiger partial charge in [0.1, 0.15) is 11.8 Å². The van der Waals surface area contributed by atoms with Crippen molar-refractivity contribution in [3.8, 4) is 23.5 Å². The number of nitriles is 1. The molecule has 1 aromatic carbocycles. The first kappa shape index (κ1) is 23.5. The minimum absolute atomic E-state index is 0.0641. The van der Waals surface area contributed by atoms with Gasteiger partial charge in [0.2, 0.25) is 17.5 Å². The SMILES string of the molecule is N#Cc1nc(-c2ccco2)oc1N1CCC(C(=O)Nc2cc(Cl)ccc2OCC(F)(F)F)CC1. The highest BCUT2D eigenvalue weighted by molar-refractivity contribution is 6.31. The number of carbonyl (C=O) groups is 1. The van der Waals surface area contributed by atoms with E-state index in [-0.39, 0.29) is 34.0 Å². The number of piperidine rings is 1. The number of nitrogens with one attached hydrogen (secondary N) is 1. The number of oxazole rings is 1. The molecule has 0 bridgehead atoms. The number of furan rings is 1. The Morgan fingerprint density at radius 1 is 1.32 bits per heavy atom. The van der Waals surface area contributed by atoms with Crippen molar-refractivity contribution in [3.63, 3.8) is 0 Å². The summed E-state index contributed by atoms with van der Waals surface area (Å²) < 4.78 is 53.4. The molecule has 1 aliphatic rings. The van der Waals surface area contributed by atoms with Crippen LogP contribution in [0.2, 0.25) is 5.02 Å². The topological polar surface area (TPSA) is 105 Å². The van der Waals surface area contributed by atoms with Gasteiger partial charge < -0.3 is 23.8 Å². The number of amides is 1. The van der Waals surface area contributed by atoms with Crippen molar-refractivity contribution in [1.82, 2.24) is 4.98 Å². The molecule has 12 heteroatoms. The molecule has 178 valence electrons. The molecule has 0 saturated carbocycles. The quantitative estimate of drug-likeness (QED) is 0.498. The van der Waals surface area contributed by atoms with Crippen LogP contribution in [0.4, 0.5) is 24.7 Å². The first-order chi connectivity index (χ1) is 16.2. The lowest BCUT2D eigenvalue weighted by molar-refractivity contribution is -0.153.